The highest BCUT2D eigenvalue weighted by molar-refractivity contribution is 7.98. The minimum Gasteiger partial charge on any atom is -0.496 e. The molecule has 0 spiro atoms. The van der Waals surface area contributed by atoms with Crippen LogP contribution in [-0.4, -0.2) is 39.5 Å². The first-order chi connectivity index (χ1) is 16.8. The van der Waals surface area contributed by atoms with E-state index in [1.165, 1.54) is 15.9 Å². The van der Waals surface area contributed by atoms with E-state index in [1.54, 1.807) is 24.9 Å². The molecule has 0 amide bonds. The molecule has 0 aliphatic rings. The first-order valence-corrected chi connectivity index (χ1v) is 12.9. The molecule has 2 heterocycles. The minimum absolute atomic E-state index is 0.125. The van der Waals surface area contributed by atoms with Crippen molar-refractivity contribution in [3.8, 4) is 21.9 Å². The molecular weight excluding hydrogens is 488 g/mol. The van der Waals surface area contributed by atoms with Crippen LogP contribution in [0.15, 0.2) is 58.1 Å². The summed E-state index contributed by atoms with van der Waals surface area (Å²) in [5, 5.41) is 9.69. The van der Waals surface area contributed by atoms with Gasteiger partial charge in [-0.25, -0.2) is 9.36 Å². The van der Waals surface area contributed by atoms with E-state index >= 15 is 0 Å². The van der Waals surface area contributed by atoms with Gasteiger partial charge in [-0.05, 0) is 54.6 Å². The molecule has 0 saturated heterocycles. The molecule has 0 fully saturated rings. The fourth-order valence-electron chi connectivity index (χ4n) is 3.92. The lowest BCUT2D eigenvalue weighted by molar-refractivity contribution is -0.137. The standard InChI is InChI=1S/C25H24N2O6S2/c1-15-21-23(30)26(13-20(28)29)25(31)27(12-17-6-4-5-7-19(17)32-2)24(21)35-22(15)16-8-10-18(11-9-16)33-14-34-3/h4-11H,12-14H2,1-3H3,(H,28,29). The van der Waals surface area contributed by atoms with Crippen LogP contribution in [0.3, 0.4) is 0 Å². The molecule has 0 bridgehead atoms. The van der Waals surface area contributed by atoms with Crippen LogP contribution in [-0.2, 0) is 17.9 Å². The fourth-order valence-corrected chi connectivity index (χ4v) is 5.47. The molecule has 4 aromatic rings. The summed E-state index contributed by atoms with van der Waals surface area (Å²) in [5.41, 5.74) is 1.02. The topological polar surface area (TPSA) is 99.8 Å². The van der Waals surface area contributed by atoms with Crippen LogP contribution in [0.5, 0.6) is 11.5 Å². The molecule has 0 saturated carbocycles. The van der Waals surface area contributed by atoms with Crippen molar-refractivity contribution in [3.63, 3.8) is 0 Å². The van der Waals surface area contributed by atoms with E-state index in [1.807, 2.05) is 55.6 Å². The fraction of sp³-hybridized carbons (Fsp3) is 0.240. The van der Waals surface area contributed by atoms with Crippen molar-refractivity contribution in [1.82, 2.24) is 9.13 Å². The lowest BCUT2D eigenvalue weighted by Gasteiger charge is -2.13. The number of carboxylic acids is 1. The molecule has 35 heavy (non-hydrogen) atoms. The maximum absolute atomic E-state index is 13.4. The van der Waals surface area contributed by atoms with E-state index in [-0.39, 0.29) is 6.54 Å². The Kier molecular flexibility index (Phi) is 7.32. The Morgan fingerprint density at radius 1 is 1.09 bits per heavy atom. The van der Waals surface area contributed by atoms with Crippen molar-refractivity contribution in [2.24, 2.45) is 0 Å². The summed E-state index contributed by atoms with van der Waals surface area (Å²) in [7, 11) is 1.54. The van der Waals surface area contributed by atoms with Crippen LogP contribution in [0.2, 0.25) is 0 Å². The molecule has 0 unspecified atom stereocenters. The molecule has 0 aliphatic heterocycles. The van der Waals surface area contributed by atoms with Crippen molar-refractivity contribution in [3.05, 3.63) is 80.5 Å². The first-order valence-electron chi connectivity index (χ1n) is 10.7. The van der Waals surface area contributed by atoms with Crippen LogP contribution < -0.4 is 20.7 Å². The normalized spacial score (nSPS) is 11.1. The van der Waals surface area contributed by atoms with Gasteiger partial charge in [0, 0.05) is 10.4 Å². The Morgan fingerprint density at radius 2 is 1.80 bits per heavy atom. The van der Waals surface area contributed by atoms with E-state index in [2.05, 4.69) is 0 Å². The number of carboxylic acid groups (broad SMARTS) is 1. The predicted molar refractivity (Wildman–Crippen MR) is 139 cm³/mol. The van der Waals surface area contributed by atoms with Gasteiger partial charge in [0.05, 0.1) is 19.0 Å². The summed E-state index contributed by atoms with van der Waals surface area (Å²) >= 11 is 2.91. The number of hydrogen-bond acceptors (Lipinski definition) is 7. The van der Waals surface area contributed by atoms with Crippen molar-refractivity contribution >= 4 is 39.3 Å². The van der Waals surface area contributed by atoms with Gasteiger partial charge in [-0.15, -0.1) is 23.1 Å². The lowest BCUT2D eigenvalue weighted by Crippen LogP contribution is -2.41. The molecule has 182 valence electrons. The van der Waals surface area contributed by atoms with Crippen molar-refractivity contribution in [2.45, 2.75) is 20.0 Å². The smallest absolute Gasteiger partial charge is 0.332 e. The molecule has 1 N–H and O–H groups in total. The summed E-state index contributed by atoms with van der Waals surface area (Å²) in [4.78, 5) is 39.4. The zero-order chi connectivity index (χ0) is 25.1. The average Bonchev–Trinajstić information content (AvgIpc) is 3.20. The minimum atomic E-state index is -1.26. The van der Waals surface area contributed by atoms with Gasteiger partial charge in [-0.1, -0.05) is 18.2 Å². The third-order valence-corrected chi connectivity index (χ3v) is 7.29. The highest BCUT2D eigenvalue weighted by atomic mass is 32.2. The van der Waals surface area contributed by atoms with Gasteiger partial charge in [0.2, 0.25) is 0 Å². The number of aliphatic carboxylic acids is 1. The second-order valence-electron chi connectivity index (χ2n) is 7.78. The van der Waals surface area contributed by atoms with Gasteiger partial charge in [-0.2, -0.15) is 0 Å². The SMILES string of the molecule is COc1ccccc1Cn1c(=O)n(CC(=O)O)c(=O)c2c(C)c(-c3ccc(OCSC)cc3)sc21. The number of fused-ring (bicyclic) bond motifs is 1. The maximum atomic E-state index is 13.4. The van der Waals surface area contributed by atoms with E-state index < -0.39 is 23.8 Å². The van der Waals surface area contributed by atoms with Crippen LogP contribution in [0.25, 0.3) is 20.7 Å². The molecule has 8 nitrogen and oxygen atoms in total. The quantitative estimate of drug-likeness (QED) is 0.338. The van der Waals surface area contributed by atoms with Gasteiger partial charge in [0.1, 0.15) is 28.8 Å². The Labute approximate surface area is 209 Å². The molecule has 0 atom stereocenters. The van der Waals surface area contributed by atoms with E-state index in [4.69, 9.17) is 9.47 Å². The van der Waals surface area contributed by atoms with Gasteiger partial charge >= 0.3 is 11.7 Å². The number of hydrogen-bond donors (Lipinski definition) is 1. The molecule has 2 aromatic carbocycles. The Morgan fingerprint density at radius 3 is 2.46 bits per heavy atom. The Balaban J connectivity index is 1.93. The van der Waals surface area contributed by atoms with Crippen LogP contribution in [0, 0.1) is 6.92 Å². The second kappa shape index (κ2) is 10.4. The van der Waals surface area contributed by atoms with Crippen molar-refractivity contribution in [1.29, 1.82) is 0 Å². The summed E-state index contributed by atoms with van der Waals surface area (Å²) in [6, 6.07) is 14.8. The largest absolute Gasteiger partial charge is 0.496 e. The van der Waals surface area contributed by atoms with E-state index in [0.29, 0.717) is 27.5 Å². The van der Waals surface area contributed by atoms with Crippen LogP contribution in [0.1, 0.15) is 11.1 Å². The third-order valence-electron chi connectivity index (χ3n) is 5.57. The number of rotatable bonds is 9. The van der Waals surface area contributed by atoms with Gasteiger partial charge < -0.3 is 14.6 Å². The Bertz CT molecular complexity index is 1500. The number of aryl methyl sites for hydroxylation is 1. The number of carbonyl (C=O) groups is 1. The van der Waals surface area contributed by atoms with E-state index in [0.717, 1.165) is 26.3 Å². The lowest BCUT2D eigenvalue weighted by atomic mass is 10.1. The summed E-state index contributed by atoms with van der Waals surface area (Å²) < 4.78 is 13.3. The highest BCUT2D eigenvalue weighted by Crippen LogP contribution is 2.37. The predicted octanol–water partition coefficient (Wildman–Crippen LogP) is 4.04. The van der Waals surface area contributed by atoms with Crippen molar-refractivity contribution in [2.75, 3.05) is 19.3 Å². The number of benzene rings is 2. The number of nitrogens with zero attached hydrogens (tertiary/aromatic N) is 2. The second-order valence-corrected chi connectivity index (χ2v) is 9.59. The van der Waals surface area contributed by atoms with Gasteiger partial charge in [0.15, 0.2) is 0 Å². The molecule has 4 rings (SSSR count). The number of thiophene rings is 1. The number of para-hydroxylation sites is 1. The number of aromatic nitrogens is 2. The number of ether oxygens (including phenoxy) is 2. The zero-order valence-electron chi connectivity index (χ0n) is 19.4. The summed E-state index contributed by atoms with van der Waals surface area (Å²) in [5.74, 6) is 0.609. The number of methoxy groups -OCH3 is 1. The van der Waals surface area contributed by atoms with E-state index in [9.17, 15) is 19.5 Å². The molecule has 0 aliphatic carbocycles. The monoisotopic (exact) mass is 512 g/mol. The zero-order valence-corrected chi connectivity index (χ0v) is 21.1. The van der Waals surface area contributed by atoms with Crippen molar-refractivity contribution < 1.29 is 19.4 Å². The summed E-state index contributed by atoms with van der Waals surface area (Å²) in [6.07, 6.45) is 1.95. The third kappa shape index (κ3) is 4.85. The average molecular weight is 513 g/mol. The first kappa shape index (κ1) is 24.6. The van der Waals surface area contributed by atoms with Gasteiger partial charge in [-0.3, -0.25) is 14.2 Å². The Hall–Kier alpha value is -3.50. The molecule has 10 heteroatoms. The summed E-state index contributed by atoms with van der Waals surface area (Å²) in [6.45, 7) is 1.22. The molecule has 0 radical (unpaired) electrons. The maximum Gasteiger partial charge on any atom is 0.332 e. The molecular formula is C25H24N2O6S2. The highest BCUT2D eigenvalue weighted by Gasteiger charge is 2.22. The van der Waals surface area contributed by atoms with Crippen LogP contribution in [0.4, 0.5) is 0 Å². The van der Waals surface area contributed by atoms with Crippen LogP contribution >= 0.6 is 23.1 Å². The van der Waals surface area contributed by atoms with Gasteiger partial charge in [0.25, 0.3) is 5.56 Å². The number of thioether (sulfide) groups is 1. The molecule has 2 aromatic heterocycles.